The lowest BCUT2D eigenvalue weighted by molar-refractivity contribution is -0.106. The van der Waals surface area contributed by atoms with Crippen molar-refractivity contribution < 1.29 is 9.90 Å². The van der Waals surface area contributed by atoms with E-state index in [1.807, 2.05) is 0 Å². The summed E-state index contributed by atoms with van der Waals surface area (Å²) in [5.41, 5.74) is 0.876. The lowest BCUT2D eigenvalue weighted by atomic mass is 10.2. The SMILES string of the molecule is O=C(Br)/C=C/c1ccc(O)cc1. The van der Waals surface area contributed by atoms with Gasteiger partial charge in [0, 0.05) is 0 Å². The van der Waals surface area contributed by atoms with Crippen LogP contribution in [0.3, 0.4) is 0 Å². The minimum atomic E-state index is -0.171. The lowest BCUT2D eigenvalue weighted by Gasteiger charge is -1.92. The van der Waals surface area contributed by atoms with Crippen LogP contribution in [0, 0.1) is 0 Å². The zero-order valence-electron chi connectivity index (χ0n) is 6.20. The minimum Gasteiger partial charge on any atom is -0.508 e. The molecular formula is C9H7BrO2. The maximum Gasteiger partial charge on any atom is 0.220 e. The Morgan fingerprint density at radius 1 is 1.33 bits per heavy atom. The molecule has 1 N–H and O–H groups in total. The third-order valence-corrected chi connectivity index (χ3v) is 1.56. The maximum atomic E-state index is 10.5. The standard InChI is InChI=1S/C9H7BrO2/c10-9(12)6-3-7-1-4-8(11)5-2-7/h1-6,11H/b6-3+. The van der Waals surface area contributed by atoms with Crippen molar-refractivity contribution in [3.63, 3.8) is 0 Å². The van der Waals surface area contributed by atoms with Crippen LogP contribution in [-0.2, 0) is 4.79 Å². The van der Waals surface area contributed by atoms with Crippen LogP contribution in [-0.4, -0.2) is 9.80 Å². The quantitative estimate of drug-likeness (QED) is 0.621. The molecule has 0 saturated heterocycles. The average molecular weight is 227 g/mol. The van der Waals surface area contributed by atoms with Crippen LogP contribution in [0.4, 0.5) is 0 Å². The second-order valence-electron chi connectivity index (χ2n) is 2.23. The molecule has 0 fully saturated rings. The summed E-state index contributed by atoms with van der Waals surface area (Å²) in [5, 5.41) is 8.93. The Balaban J connectivity index is 2.77. The van der Waals surface area contributed by atoms with Crippen LogP contribution in [0.15, 0.2) is 30.3 Å². The number of halogens is 1. The molecule has 0 aliphatic carbocycles. The number of allylic oxidation sites excluding steroid dienone is 1. The maximum absolute atomic E-state index is 10.5. The van der Waals surface area contributed by atoms with Gasteiger partial charge in [0.15, 0.2) is 0 Å². The second-order valence-corrected chi connectivity index (χ2v) is 3.01. The molecule has 0 saturated carbocycles. The molecule has 0 amide bonds. The predicted octanol–water partition coefficient (Wildman–Crippen LogP) is 2.33. The number of hydrogen-bond donors (Lipinski definition) is 1. The van der Waals surface area contributed by atoms with Crippen LogP contribution in [0.1, 0.15) is 5.56 Å². The summed E-state index contributed by atoms with van der Waals surface area (Å²) in [7, 11) is 0. The molecule has 0 radical (unpaired) electrons. The number of rotatable bonds is 2. The van der Waals surface area contributed by atoms with Crippen molar-refractivity contribution in [3.8, 4) is 5.75 Å². The van der Waals surface area contributed by atoms with Gasteiger partial charge in [-0.25, -0.2) is 0 Å². The van der Waals surface area contributed by atoms with E-state index in [9.17, 15) is 4.79 Å². The average Bonchev–Trinajstić information content (AvgIpc) is 2.03. The highest BCUT2D eigenvalue weighted by atomic mass is 79.9. The van der Waals surface area contributed by atoms with E-state index in [0.717, 1.165) is 5.56 Å². The zero-order valence-corrected chi connectivity index (χ0v) is 7.78. The third-order valence-electron chi connectivity index (χ3n) is 1.30. The molecule has 1 rings (SSSR count). The molecule has 62 valence electrons. The van der Waals surface area contributed by atoms with Gasteiger partial charge >= 0.3 is 0 Å². The normalized spacial score (nSPS) is 10.4. The predicted molar refractivity (Wildman–Crippen MR) is 51.1 cm³/mol. The van der Waals surface area contributed by atoms with Crippen molar-refractivity contribution in [2.24, 2.45) is 0 Å². The molecule has 0 unspecified atom stereocenters. The molecular weight excluding hydrogens is 220 g/mol. The van der Waals surface area contributed by atoms with Crippen molar-refractivity contribution in [3.05, 3.63) is 35.9 Å². The molecule has 3 heteroatoms. The van der Waals surface area contributed by atoms with Crippen molar-refractivity contribution >= 4 is 26.7 Å². The van der Waals surface area contributed by atoms with E-state index >= 15 is 0 Å². The van der Waals surface area contributed by atoms with E-state index in [1.165, 1.54) is 6.08 Å². The van der Waals surface area contributed by atoms with E-state index in [1.54, 1.807) is 30.3 Å². The summed E-state index contributed by atoms with van der Waals surface area (Å²) >= 11 is 2.77. The van der Waals surface area contributed by atoms with Crippen molar-refractivity contribution in [2.45, 2.75) is 0 Å². The van der Waals surface area contributed by atoms with E-state index in [4.69, 9.17) is 5.11 Å². The number of phenolic OH excluding ortho intramolecular Hbond substituents is 1. The van der Waals surface area contributed by atoms with E-state index < -0.39 is 0 Å². The second kappa shape index (κ2) is 4.07. The highest BCUT2D eigenvalue weighted by molar-refractivity contribution is 9.18. The largest absolute Gasteiger partial charge is 0.508 e. The molecule has 1 aromatic rings. The number of phenols is 1. The summed E-state index contributed by atoms with van der Waals surface area (Å²) in [4.78, 5) is 10.5. The Labute approximate surface area is 78.7 Å². The van der Waals surface area contributed by atoms with Gasteiger partial charge in [-0.05, 0) is 39.7 Å². The molecule has 0 spiro atoms. The van der Waals surface area contributed by atoms with Crippen LogP contribution in [0.2, 0.25) is 0 Å². The highest BCUT2D eigenvalue weighted by Gasteiger charge is 1.89. The summed E-state index contributed by atoms with van der Waals surface area (Å²) in [6, 6.07) is 6.58. The molecule has 0 aromatic heterocycles. The third kappa shape index (κ3) is 2.88. The van der Waals surface area contributed by atoms with Gasteiger partial charge in [-0.15, -0.1) is 0 Å². The fourth-order valence-corrected chi connectivity index (χ4v) is 0.879. The fourth-order valence-electron chi connectivity index (χ4n) is 0.747. The first-order valence-corrected chi connectivity index (χ1v) is 4.14. The molecule has 2 nitrogen and oxygen atoms in total. The molecule has 0 heterocycles. The van der Waals surface area contributed by atoms with Gasteiger partial charge in [-0.2, -0.15) is 0 Å². The number of carbonyl (C=O) groups excluding carboxylic acids is 1. The van der Waals surface area contributed by atoms with Crippen molar-refractivity contribution in [2.75, 3.05) is 0 Å². The number of carbonyl (C=O) groups is 1. The topological polar surface area (TPSA) is 37.3 Å². The Morgan fingerprint density at radius 3 is 2.42 bits per heavy atom. The Morgan fingerprint density at radius 2 is 1.92 bits per heavy atom. The van der Waals surface area contributed by atoms with E-state index in [0.29, 0.717) is 0 Å². The number of aromatic hydroxyl groups is 1. The lowest BCUT2D eigenvalue weighted by Crippen LogP contribution is -1.75. The zero-order chi connectivity index (χ0) is 8.97. The van der Waals surface area contributed by atoms with Crippen molar-refractivity contribution in [1.82, 2.24) is 0 Å². The molecule has 1 aromatic carbocycles. The number of benzene rings is 1. The Hall–Kier alpha value is -1.09. The Bertz CT molecular complexity index is 301. The fraction of sp³-hybridized carbons (Fsp3) is 0. The summed E-state index contributed by atoms with van der Waals surface area (Å²) in [5.74, 6) is 0.220. The van der Waals surface area contributed by atoms with Gasteiger partial charge in [0.05, 0.1) is 0 Å². The van der Waals surface area contributed by atoms with Gasteiger partial charge in [0.25, 0.3) is 0 Å². The highest BCUT2D eigenvalue weighted by Crippen LogP contribution is 2.10. The molecule has 12 heavy (non-hydrogen) atoms. The van der Waals surface area contributed by atoms with Gasteiger partial charge in [0.2, 0.25) is 4.69 Å². The first kappa shape index (κ1) is 9.00. The first-order valence-electron chi connectivity index (χ1n) is 3.35. The van der Waals surface area contributed by atoms with Gasteiger partial charge < -0.3 is 5.11 Å². The van der Waals surface area contributed by atoms with Gasteiger partial charge in [-0.1, -0.05) is 18.2 Å². The minimum absolute atomic E-state index is 0.171. The van der Waals surface area contributed by atoms with Crippen LogP contribution in [0.5, 0.6) is 5.75 Å². The van der Waals surface area contributed by atoms with Crippen LogP contribution < -0.4 is 0 Å². The smallest absolute Gasteiger partial charge is 0.220 e. The van der Waals surface area contributed by atoms with Crippen molar-refractivity contribution in [1.29, 1.82) is 0 Å². The molecule has 0 bridgehead atoms. The molecule has 0 aliphatic heterocycles. The summed E-state index contributed by atoms with van der Waals surface area (Å²) in [6.07, 6.45) is 3.07. The monoisotopic (exact) mass is 226 g/mol. The number of hydrogen-bond acceptors (Lipinski definition) is 2. The first-order chi connectivity index (χ1) is 5.68. The Kier molecular flexibility index (Phi) is 3.05. The van der Waals surface area contributed by atoms with Crippen LogP contribution >= 0.6 is 15.9 Å². The molecule has 0 atom stereocenters. The van der Waals surface area contributed by atoms with Gasteiger partial charge in [-0.3, -0.25) is 4.79 Å². The van der Waals surface area contributed by atoms with Gasteiger partial charge in [0.1, 0.15) is 5.75 Å². The van der Waals surface area contributed by atoms with Crippen LogP contribution in [0.25, 0.3) is 6.08 Å². The molecule has 0 aliphatic rings. The van der Waals surface area contributed by atoms with E-state index in [-0.39, 0.29) is 10.4 Å². The van der Waals surface area contributed by atoms with E-state index in [2.05, 4.69) is 15.9 Å². The summed E-state index contributed by atoms with van der Waals surface area (Å²) in [6.45, 7) is 0. The summed E-state index contributed by atoms with van der Waals surface area (Å²) < 4.78 is -0.171.